The fourth-order valence-corrected chi connectivity index (χ4v) is 4.49. The Hall–Kier alpha value is -2.34. The summed E-state index contributed by atoms with van der Waals surface area (Å²) in [5, 5.41) is 1.68. The van der Waals surface area contributed by atoms with Gasteiger partial charge in [0.1, 0.15) is 0 Å². The van der Waals surface area contributed by atoms with Crippen LogP contribution in [0.25, 0.3) is 0 Å². The fraction of sp³-hybridized carbons (Fsp3) is 0.391. The second-order valence-corrected chi connectivity index (χ2v) is 7.80. The summed E-state index contributed by atoms with van der Waals surface area (Å²) in [5.74, 6) is 5.87. The summed E-state index contributed by atoms with van der Waals surface area (Å²) < 4.78 is 11.9. The Morgan fingerprint density at radius 1 is 0.893 bits per heavy atom. The van der Waals surface area contributed by atoms with Crippen molar-refractivity contribution in [1.82, 2.24) is 5.01 Å². The molecular formula is C23H29N3O2. The molecule has 5 heteroatoms. The molecule has 2 aromatic rings. The van der Waals surface area contributed by atoms with Crippen LogP contribution in [0.5, 0.6) is 0 Å². The van der Waals surface area contributed by atoms with Crippen LogP contribution in [0.15, 0.2) is 72.6 Å². The molecular weight excluding hydrogens is 350 g/mol. The van der Waals surface area contributed by atoms with Gasteiger partial charge in [0.05, 0.1) is 19.8 Å². The Morgan fingerprint density at radius 2 is 1.46 bits per heavy atom. The SMILES string of the molecule is N/C(=C\N(N)Cc1ccccc1)C1(c2ccccc2)CCC2(CC1)OCCO2. The quantitative estimate of drug-likeness (QED) is 0.615. The molecule has 28 heavy (non-hydrogen) atoms. The van der Waals surface area contributed by atoms with Crippen LogP contribution in [0, 0.1) is 0 Å². The maximum atomic E-state index is 6.71. The van der Waals surface area contributed by atoms with E-state index in [1.165, 1.54) is 5.56 Å². The molecule has 5 nitrogen and oxygen atoms in total. The summed E-state index contributed by atoms with van der Waals surface area (Å²) >= 11 is 0. The minimum Gasteiger partial charge on any atom is -0.400 e. The lowest BCUT2D eigenvalue weighted by Crippen LogP contribution is -2.45. The minimum atomic E-state index is -0.426. The molecule has 1 saturated carbocycles. The van der Waals surface area contributed by atoms with Crippen molar-refractivity contribution in [1.29, 1.82) is 0 Å². The van der Waals surface area contributed by atoms with E-state index in [0.717, 1.165) is 36.9 Å². The van der Waals surface area contributed by atoms with Gasteiger partial charge in [0.15, 0.2) is 5.79 Å². The first-order chi connectivity index (χ1) is 13.6. The highest BCUT2D eigenvalue weighted by Gasteiger charge is 2.48. The maximum Gasteiger partial charge on any atom is 0.168 e. The predicted molar refractivity (Wildman–Crippen MR) is 110 cm³/mol. The molecule has 0 bridgehead atoms. The van der Waals surface area contributed by atoms with Crippen molar-refractivity contribution in [2.75, 3.05) is 13.2 Å². The molecule has 0 radical (unpaired) electrons. The van der Waals surface area contributed by atoms with E-state index in [0.29, 0.717) is 19.8 Å². The third kappa shape index (κ3) is 3.78. The standard InChI is InChI=1S/C23H29N3O2/c24-21(18-26(25)17-19-7-3-1-4-8-19)22(20-9-5-2-6-10-20)11-13-23(14-12-22)27-15-16-28-23/h1-10,18H,11-17,24-25H2/b21-18-. The zero-order valence-corrected chi connectivity index (χ0v) is 16.2. The van der Waals surface area contributed by atoms with E-state index in [2.05, 4.69) is 36.4 Å². The number of nitrogens with two attached hydrogens (primary N) is 2. The largest absolute Gasteiger partial charge is 0.400 e. The number of nitrogens with zero attached hydrogens (tertiary/aromatic N) is 1. The van der Waals surface area contributed by atoms with Crippen molar-refractivity contribution in [3.05, 3.63) is 83.7 Å². The Balaban J connectivity index is 1.58. The smallest absolute Gasteiger partial charge is 0.168 e. The summed E-state index contributed by atoms with van der Waals surface area (Å²) in [6.45, 7) is 1.97. The van der Waals surface area contributed by atoms with Crippen LogP contribution in [0.2, 0.25) is 0 Å². The van der Waals surface area contributed by atoms with Gasteiger partial charge in [0.2, 0.25) is 0 Å². The Labute approximate surface area is 166 Å². The van der Waals surface area contributed by atoms with Gasteiger partial charge in [-0.1, -0.05) is 60.7 Å². The molecule has 1 aliphatic heterocycles. The van der Waals surface area contributed by atoms with Crippen molar-refractivity contribution in [2.24, 2.45) is 11.6 Å². The van der Waals surface area contributed by atoms with E-state index in [9.17, 15) is 0 Å². The third-order valence-corrected chi connectivity index (χ3v) is 6.07. The molecule has 0 aromatic heterocycles. The van der Waals surface area contributed by atoms with E-state index >= 15 is 0 Å². The molecule has 2 aliphatic rings. The molecule has 0 amide bonds. The number of rotatable bonds is 5. The van der Waals surface area contributed by atoms with Crippen LogP contribution in [-0.2, 0) is 21.4 Å². The molecule has 4 rings (SSSR count). The highest BCUT2D eigenvalue weighted by molar-refractivity contribution is 5.36. The van der Waals surface area contributed by atoms with Crippen LogP contribution in [-0.4, -0.2) is 24.0 Å². The Bertz CT molecular complexity index is 791. The van der Waals surface area contributed by atoms with Gasteiger partial charge in [-0.25, -0.2) is 5.84 Å². The maximum absolute atomic E-state index is 6.71. The van der Waals surface area contributed by atoms with E-state index in [1.54, 1.807) is 5.01 Å². The van der Waals surface area contributed by atoms with Crippen LogP contribution in [0.3, 0.4) is 0 Å². The van der Waals surface area contributed by atoms with Crippen LogP contribution < -0.4 is 11.6 Å². The second kappa shape index (κ2) is 7.95. The van der Waals surface area contributed by atoms with Gasteiger partial charge in [-0.05, 0) is 24.0 Å². The van der Waals surface area contributed by atoms with E-state index in [-0.39, 0.29) is 5.41 Å². The van der Waals surface area contributed by atoms with Gasteiger partial charge >= 0.3 is 0 Å². The lowest BCUT2D eigenvalue weighted by Gasteiger charge is -2.44. The van der Waals surface area contributed by atoms with Crippen LogP contribution in [0.1, 0.15) is 36.8 Å². The Kier molecular flexibility index (Phi) is 5.40. The van der Waals surface area contributed by atoms with E-state index < -0.39 is 5.79 Å². The number of hydrogen-bond donors (Lipinski definition) is 2. The number of ether oxygens (including phenoxy) is 2. The molecule has 148 valence electrons. The number of benzene rings is 2. The summed E-state index contributed by atoms with van der Waals surface area (Å²) in [5.41, 5.74) is 9.64. The van der Waals surface area contributed by atoms with Gasteiger partial charge in [-0.3, -0.25) is 0 Å². The van der Waals surface area contributed by atoms with Crippen molar-refractivity contribution < 1.29 is 9.47 Å². The lowest BCUT2D eigenvalue weighted by molar-refractivity contribution is -0.183. The molecule has 0 atom stereocenters. The van der Waals surface area contributed by atoms with Gasteiger partial charge in [-0.15, -0.1) is 0 Å². The highest BCUT2D eigenvalue weighted by atomic mass is 16.7. The topological polar surface area (TPSA) is 73.7 Å². The number of hydrogen-bond acceptors (Lipinski definition) is 5. The highest BCUT2D eigenvalue weighted by Crippen LogP contribution is 2.49. The summed E-state index contributed by atoms with van der Waals surface area (Å²) in [4.78, 5) is 0. The monoisotopic (exact) mass is 379 g/mol. The van der Waals surface area contributed by atoms with Crippen molar-refractivity contribution in [3.8, 4) is 0 Å². The van der Waals surface area contributed by atoms with E-state index in [1.807, 2.05) is 30.5 Å². The molecule has 2 fully saturated rings. The first-order valence-corrected chi connectivity index (χ1v) is 9.98. The average Bonchev–Trinajstić information content (AvgIpc) is 3.18. The molecule has 4 N–H and O–H groups in total. The molecule has 0 unspecified atom stereocenters. The lowest BCUT2D eigenvalue weighted by atomic mass is 9.66. The average molecular weight is 380 g/mol. The van der Waals surface area contributed by atoms with Crippen molar-refractivity contribution >= 4 is 0 Å². The number of hydrazine groups is 1. The zero-order valence-electron chi connectivity index (χ0n) is 16.2. The second-order valence-electron chi connectivity index (χ2n) is 7.80. The predicted octanol–water partition coefficient (Wildman–Crippen LogP) is 3.42. The van der Waals surface area contributed by atoms with Crippen LogP contribution >= 0.6 is 0 Å². The van der Waals surface area contributed by atoms with Gasteiger partial charge in [0, 0.05) is 30.2 Å². The third-order valence-electron chi connectivity index (χ3n) is 6.07. The summed E-state index contributed by atoms with van der Waals surface area (Å²) in [7, 11) is 0. The van der Waals surface area contributed by atoms with Crippen molar-refractivity contribution in [2.45, 2.75) is 43.4 Å². The molecule has 1 spiro atoms. The number of allylic oxidation sites excluding steroid dienone is 1. The molecule has 1 saturated heterocycles. The van der Waals surface area contributed by atoms with Gasteiger partial charge < -0.3 is 20.2 Å². The Morgan fingerprint density at radius 3 is 2.07 bits per heavy atom. The molecule has 1 aliphatic carbocycles. The first-order valence-electron chi connectivity index (χ1n) is 9.98. The van der Waals surface area contributed by atoms with E-state index in [4.69, 9.17) is 21.1 Å². The molecule has 1 heterocycles. The van der Waals surface area contributed by atoms with Gasteiger partial charge in [0.25, 0.3) is 0 Å². The minimum absolute atomic E-state index is 0.254. The zero-order chi connectivity index (χ0) is 19.5. The molecule has 2 aromatic carbocycles. The van der Waals surface area contributed by atoms with Crippen molar-refractivity contribution in [3.63, 3.8) is 0 Å². The fourth-order valence-electron chi connectivity index (χ4n) is 4.49. The summed E-state index contributed by atoms with van der Waals surface area (Å²) in [6, 6.07) is 20.7. The normalized spacial score (nSPS) is 21.0. The first kappa shape index (κ1) is 19.0. The summed E-state index contributed by atoms with van der Waals surface area (Å²) in [6.07, 6.45) is 5.31. The van der Waals surface area contributed by atoms with Gasteiger partial charge in [-0.2, -0.15) is 0 Å². The van der Waals surface area contributed by atoms with Crippen LogP contribution in [0.4, 0.5) is 0 Å².